The molecule has 1 atom stereocenters. The molecule has 0 radical (unpaired) electrons. The van der Waals surface area contributed by atoms with Crippen LogP contribution < -0.4 is 10.1 Å². The van der Waals surface area contributed by atoms with Crippen LogP contribution in [0.2, 0.25) is 0 Å². The van der Waals surface area contributed by atoms with E-state index in [1.165, 1.54) is 11.7 Å². The van der Waals surface area contributed by atoms with Crippen LogP contribution in [0.1, 0.15) is 37.6 Å². The molecule has 1 N–H and O–H groups in total. The number of hydrogen-bond acceptors (Lipinski definition) is 6. The molecule has 2 aromatic rings. The molecule has 0 spiro atoms. The van der Waals surface area contributed by atoms with Crippen molar-refractivity contribution in [2.75, 3.05) is 13.2 Å². The second-order valence-electron chi connectivity index (χ2n) is 4.11. The van der Waals surface area contributed by atoms with Crippen LogP contribution in [0.15, 0.2) is 24.7 Å². The predicted molar refractivity (Wildman–Crippen MR) is 75.5 cm³/mol. The third kappa shape index (κ3) is 3.71. The smallest absolute Gasteiger partial charge is 0.137 e. The van der Waals surface area contributed by atoms with Gasteiger partial charge in [-0.3, -0.25) is 4.98 Å². The highest BCUT2D eigenvalue weighted by molar-refractivity contribution is 6.99. The maximum absolute atomic E-state index is 5.49. The molecule has 0 aromatic carbocycles. The van der Waals surface area contributed by atoms with Crippen LogP contribution in [0.4, 0.5) is 0 Å². The van der Waals surface area contributed by atoms with E-state index in [2.05, 4.69) is 26.0 Å². The van der Waals surface area contributed by atoms with Crippen molar-refractivity contribution in [2.45, 2.75) is 26.3 Å². The number of ether oxygens (including phenoxy) is 1. The largest absolute Gasteiger partial charge is 0.492 e. The van der Waals surface area contributed by atoms with E-state index in [0.29, 0.717) is 6.61 Å². The highest BCUT2D eigenvalue weighted by Gasteiger charge is 2.17. The zero-order chi connectivity index (χ0) is 13.5. The molecule has 102 valence electrons. The van der Waals surface area contributed by atoms with Crippen LogP contribution >= 0.6 is 11.7 Å². The molecule has 0 amide bonds. The minimum atomic E-state index is 0.0200. The van der Waals surface area contributed by atoms with Crippen LogP contribution in [0.3, 0.4) is 0 Å². The van der Waals surface area contributed by atoms with Gasteiger partial charge in [0.2, 0.25) is 0 Å². The van der Waals surface area contributed by atoms with Gasteiger partial charge in [-0.1, -0.05) is 6.92 Å². The van der Waals surface area contributed by atoms with Gasteiger partial charge < -0.3 is 10.1 Å². The maximum atomic E-state index is 5.49. The van der Waals surface area contributed by atoms with Crippen molar-refractivity contribution in [1.82, 2.24) is 19.0 Å². The van der Waals surface area contributed by atoms with Crippen molar-refractivity contribution in [2.24, 2.45) is 0 Å². The Kier molecular flexibility index (Phi) is 5.23. The predicted octanol–water partition coefficient (Wildman–Crippen LogP) is 2.42. The summed E-state index contributed by atoms with van der Waals surface area (Å²) in [6.45, 7) is 5.65. The fraction of sp³-hybridized carbons (Fsp3) is 0.462. The van der Waals surface area contributed by atoms with Gasteiger partial charge in [0, 0.05) is 6.20 Å². The van der Waals surface area contributed by atoms with E-state index in [9.17, 15) is 0 Å². The summed E-state index contributed by atoms with van der Waals surface area (Å²) >= 11 is 1.22. The maximum Gasteiger partial charge on any atom is 0.137 e. The molecular formula is C13H18N4OS. The molecule has 6 heteroatoms. The lowest BCUT2D eigenvalue weighted by Gasteiger charge is -2.16. The fourth-order valence-electron chi connectivity index (χ4n) is 1.82. The molecule has 0 aliphatic heterocycles. The van der Waals surface area contributed by atoms with Crippen molar-refractivity contribution >= 4 is 11.7 Å². The van der Waals surface area contributed by atoms with E-state index in [4.69, 9.17) is 4.74 Å². The van der Waals surface area contributed by atoms with E-state index in [1.807, 2.05) is 19.2 Å². The summed E-state index contributed by atoms with van der Waals surface area (Å²) in [5.74, 6) is 0.784. The van der Waals surface area contributed by atoms with Gasteiger partial charge in [0.15, 0.2) is 0 Å². The molecular weight excluding hydrogens is 260 g/mol. The topological polar surface area (TPSA) is 59.9 Å². The van der Waals surface area contributed by atoms with E-state index in [0.717, 1.165) is 30.0 Å². The van der Waals surface area contributed by atoms with Crippen molar-refractivity contribution in [1.29, 1.82) is 0 Å². The summed E-state index contributed by atoms with van der Waals surface area (Å²) in [6.07, 6.45) is 6.43. The van der Waals surface area contributed by atoms with Crippen LogP contribution in [0.25, 0.3) is 0 Å². The number of aromatic nitrogens is 3. The molecule has 2 rings (SSSR count). The van der Waals surface area contributed by atoms with Gasteiger partial charge in [0.05, 0.1) is 42.5 Å². The van der Waals surface area contributed by atoms with Crippen LogP contribution in [-0.2, 0) is 0 Å². The summed E-state index contributed by atoms with van der Waals surface area (Å²) in [5, 5.41) is 3.47. The SMILES string of the molecule is CCCNC(c1cncc(OCC)c1)c1cnsn1. The van der Waals surface area contributed by atoms with Gasteiger partial charge in [0.25, 0.3) is 0 Å². The quantitative estimate of drug-likeness (QED) is 0.843. The molecule has 2 heterocycles. The van der Waals surface area contributed by atoms with Gasteiger partial charge in [0.1, 0.15) is 5.75 Å². The first-order valence-electron chi connectivity index (χ1n) is 6.43. The third-order valence-corrected chi connectivity index (χ3v) is 3.14. The van der Waals surface area contributed by atoms with Gasteiger partial charge in [-0.05, 0) is 31.5 Å². The first-order chi connectivity index (χ1) is 9.35. The number of hydrogen-bond donors (Lipinski definition) is 1. The summed E-state index contributed by atoms with van der Waals surface area (Å²) in [7, 11) is 0. The van der Waals surface area contributed by atoms with Gasteiger partial charge in [-0.25, -0.2) is 0 Å². The van der Waals surface area contributed by atoms with Crippen LogP contribution in [-0.4, -0.2) is 26.9 Å². The molecule has 0 aliphatic carbocycles. The zero-order valence-corrected chi connectivity index (χ0v) is 12.0. The Hall–Kier alpha value is -1.53. The van der Waals surface area contributed by atoms with E-state index in [-0.39, 0.29) is 6.04 Å². The molecule has 1 unspecified atom stereocenters. The van der Waals surface area contributed by atoms with E-state index >= 15 is 0 Å². The standard InChI is InChI=1S/C13H18N4OS/c1-3-5-15-13(12-9-16-19-17-12)10-6-11(18-4-2)8-14-7-10/h6-9,13,15H,3-5H2,1-2H3. The van der Waals surface area contributed by atoms with Crippen molar-refractivity contribution in [3.63, 3.8) is 0 Å². The summed E-state index contributed by atoms with van der Waals surface area (Å²) in [4.78, 5) is 4.23. The van der Waals surface area contributed by atoms with E-state index < -0.39 is 0 Å². The first-order valence-corrected chi connectivity index (χ1v) is 7.16. The van der Waals surface area contributed by atoms with Crippen LogP contribution in [0, 0.1) is 0 Å². The Bertz CT molecular complexity index is 489. The van der Waals surface area contributed by atoms with Crippen molar-refractivity contribution in [3.8, 4) is 5.75 Å². The highest BCUT2D eigenvalue weighted by atomic mass is 32.1. The average molecular weight is 278 g/mol. The van der Waals surface area contributed by atoms with Crippen molar-refractivity contribution in [3.05, 3.63) is 35.9 Å². The zero-order valence-electron chi connectivity index (χ0n) is 11.2. The lowest BCUT2D eigenvalue weighted by Crippen LogP contribution is -2.23. The summed E-state index contributed by atoms with van der Waals surface area (Å²) in [6, 6.07) is 2.02. The summed E-state index contributed by atoms with van der Waals surface area (Å²) < 4.78 is 13.9. The van der Waals surface area contributed by atoms with Crippen LogP contribution in [0.5, 0.6) is 5.75 Å². The Labute approximate surface area is 117 Å². The average Bonchev–Trinajstić information content (AvgIpc) is 2.94. The monoisotopic (exact) mass is 278 g/mol. The minimum absolute atomic E-state index is 0.0200. The first kappa shape index (κ1) is 13.9. The Morgan fingerprint density at radius 2 is 2.21 bits per heavy atom. The molecule has 5 nitrogen and oxygen atoms in total. The van der Waals surface area contributed by atoms with E-state index in [1.54, 1.807) is 12.4 Å². The molecule has 2 aromatic heterocycles. The van der Waals surface area contributed by atoms with Gasteiger partial charge in [-0.15, -0.1) is 0 Å². The van der Waals surface area contributed by atoms with Gasteiger partial charge in [-0.2, -0.15) is 8.75 Å². The molecule has 0 bridgehead atoms. The molecule has 0 saturated heterocycles. The second kappa shape index (κ2) is 7.16. The number of rotatable bonds is 7. The number of nitrogens with zero attached hydrogens (tertiary/aromatic N) is 3. The number of nitrogens with one attached hydrogen (secondary N) is 1. The lowest BCUT2D eigenvalue weighted by atomic mass is 10.1. The third-order valence-electron chi connectivity index (χ3n) is 2.65. The van der Waals surface area contributed by atoms with Crippen molar-refractivity contribution < 1.29 is 4.74 Å². The Morgan fingerprint density at radius 3 is 2.89 bits per heavy atom. The number of pyridine rings is 1. The summed E-state index contributed by atoms with van der Waals surface area (Å²) in [5.41, 5.74) is 1.97. The second-order valence-corrected chi connectivity index (χ2v) is 4.66. The normalized spacial score (nSPS) is 12.3. The fourth-order valence-corrected chi connectivity index (χ4v) is 2.27. The molecule has 0 fully saturated rings. The lowest BCUT2D eigenvalue weighted by molar-refractivity contribution is 0.338. The minimum Gasteiger partial charge on any atom is -0.492 e. The van der Waals surface area contributed by atoms with Gasteiger partial charge >= 0.3 is 0 Å². The Balaban J connectivity index is 2.24. The molecule has 0 saturated carbocycles. The Morgan fingerprint density at radius 1 is 1.32 bits per heavy atom. The molecule has 19 heavy (non-hydrogen) atoms. The highest BCUT2D eigenvalue weighted by Crippen LogP contribution is 2.23. The molecule has 0 aliphatic rings.